The summed E-state index contributed by atoms with van der Waals surface area (Å²) in [6.45, 7) is 1.95. The maximum Gasteiger partial charge on any atom is 0.270 e. The first kappa shape index (κ1) is 10.9. The highest BCUT2D eigenvalue weighted by molar-refractivity contribution is 9.10. The van der Waals surface area contributed by atoms with Gasteiger partial charge in [0.15, 0.2) is 0 Å². The molecule has 0 aliphatic carbocycles. The third-order valence-corrected chi connectivity index (χ3v) is 3.12. The zero-order valence-electron chi connectivity index (χ0n) is 7.70. The first-order valence-corrected chi connectivity index (χ1v) is 5.99. The highest BCUT2D eigenvalue weighted by atomic mass is 79.9. The van der Waals surface area contributed by atoms with Gasteiger partial charge in [-0.3, -0.25) is 0 Å². The Morgan fingerprint density at radius 1 is 1.40 bits per heavy atom. The minimum atomic E-state index is 0.294. The van der Waals surface area contributed by atoms with Crippen molar-refractivity contribution in [2.45, 2.75) is 6.92 Å². The number of hydrogen-bond donors (Lipinski definition) is 0. The Labute approximate surface area is 104 Å². The van der Waals surface area contributed by atoms with Crippen molar-refractivity contribution in [1.82, 2.24) is 8.75 Å². The van der Waals surface area contributed by atoms with Gasteiger partial charge in [-0.05, 0) is 30.7 Å². The number of ether oxygens (including phenoxy) is 1. The fourth-order valence-corrected chi connectivity index (χ4v) is 2.15. The summed E-state index contributed by atoms with van der Waals surface area (Å²) in [5.74, 6) is 1.08. The predicted molar refractivity (Wildman–Crippen MR) is 63.9 cm³/mol. The zero-order chi connectivity index (χ0) is 10.8. The van der Waals surface area contributed by atoms with Gasteiger partial charge in [0.2, 0.25) is 5.15 Å². The minimum absolute atomic E-state index is 0.294. The van der Waals surface area contributed by atoms with Gasteiger partial charge < -0.3 is 4.74 Å². The lowest BCUT2D eigenvalue weighted by Gasteiger charge is -2.05. The summed E-state index contributed by atoms with van der Waals surface area (Å²) in [6, 6.07) is 5.72. The van der Waals surface area contributed by atoms with Crippen molar-refractivity contribution in [2.24, 2.45) is 0 Å². The lowest BCUT2D eigenvalue weighted by atomic mass is 10.2. The largest absolute Gasteiger partial charge is 0.435 e. The maximum atomic E-state index is 5.78. The van der Waals surface area contributed by atoms with Crippen LogP contribution in [-0.2, 0) is 0 Å². The number of hydrogen-bond acceptors (Lipinski definition) is 4. The van der Waals surface area contributed by atoms with Crippen molar-refractivity contribution < 1.29 is 4.74 Å². The SMILES string of the molecule is Cc1cc(Br)ccc1Oc1nsnc1Cl. The van der Waals surface area contributed by atoms with E-state index in [9.17, 15) is 0 Å². The van der Waals surface area contributed by atoms with Crippen LogP contribution in [0.3, 0.4) is 0 Å². The highest BCUT2D eigenvalue weighted by Gasteiger charge is 2.09. The lowest BCUT2D eigenvalue weighted by molar-refractivity contribution is 0.464. The summed E-state index contributed by atoms with van der Waals surface area (Å²) in [5, 5.41) is 0.294. The Kier molecular flexibility index (Phi) is 3.23. The Morgan fingerprint density at radius 3 is 2.80 bits per heavy atom. The third kappa shape index (κ3) is 2.48. The van der Waals surface area contributed by atoms with Gasteiger partial charge in [-0.2, -0.15) is 4.37 Å². The van der Waals surface area contributed by atoms with E-state index in [0.29, 0.717) is 11.0 Å². The fraction of sp³-hybridized carbons (Fsp3) is 0.111. The number of benzene rings is 1. The van der Waals surface area contributed by atoms with Crippen LogP contribution in [0.4, 0.5) is 0 Å². The van der Waals surface area contributed by atoms with Crippen molar-refractivity contribution in [2.75, 3.05) is 0 Å². The lowest BCUT2D eigenvalue weighted by Crippen LogP contribution is -1.87. The number of aromatic nitrogens is 2. The number of nitrogens with zero attached hydrogens (tertiary/aromatic N) is 2. The molecule has 0 atom stereocenters. The highest BCUT2D eigenvalue weighted by Crippen LogP contribution is 2.30. The molecule has 0 saturated carbocycles. The molecule has 0 aliphatic rings. The van der Waals surface area contributed by atoms with Crippen molar-refractivity contribution in [3.63, 3.8) is 0 Å². The van der Waals surface area contributed by atoms with Gasteiger partial charge in [-0.15, -0.1) is 4.37 Å². The van der Waals surface area contributed by atoms with E-state index in [4.69, 9.17) is 16.3 Å². The van der Waals surface area contributed by atoms with E-state index in [2.05, 4.69) is 24.7 Å². The molecule has 6 heteroatoms. The molecule has 15 heavy (non-hydrogen) atoms. The zero-order valence-corrected chi connectivity index (χ0v) is 10.9. The molecule has 1 aromatic carbocycles. The number of rotatable bonds is 2. The average Bonchev–Trinajstić information content (AvgIpc) is 2.57. The second-order valence-electron chi connectivity index (χ2n) is 2.87. The van der Waals surface area contributed by atoms with Crippen molar-refractivity contribution >= 4 is 39.3 Å². The van der Waals surface area contributed by atoms with Crippen LogP contribution < -0.4 is 4.74 Å². The van der Waals surface area contributed by atoms with Crippen LogP contribution in [0.15, 0.2) is 22.7 Å². The van der Waals surface area contributed by atoms with E-state index >= 15 is 0 Å². The summed E-state index contributed by atoms with van der Waals surface area (Å²) in [4.78, 5) is 0. The predicted octanol–water partition coefficient (Wildman–Crippen LogP) is 4.05. The Morgan fingerprint density at radius 2 is 2.20 bits per heavy atom. The molecular formula is C9H6BrClN2OS. The molecule has 0 aliphatic heterocycles. The molecule has 2 rings (SSSR count). The molecule has 0 saturated heterocycles. The first-order chi connectivity index (χ1) is 7.16. The number of aryl methyl sites for hydroxylation is 1. The van der Waals surface area contributed by atoms with E-state index < -0.39 is 0 Å². The molecule has 2 aromatic rings. The van der Waals surface area contributed by atoms with E-state index in [1.54, 1.807) is 0 Å². The van der Waals surface area contributed by atoms with Crippen LogP contribution in [0.1, 0.15) is 5.56 Å². The average molecular weight is 306 g/mol. The summed E-state index contributed by atoms with van der Waals surface area (Å²) >= 11 is 10.2. The molecule has 0 N–H and O–H groups in total. The van der Waals surface area contributed by atoms with Gasteiger partial charge in [0.05, 0.1) is 11.7 Å². The summed E-state index contributed by atoms with van der Waals surface area (Å²) < 4.78 is 14.3. The van der Waals surface area contributed by atoms with Gasteiger partial charge >= 0.3 is 0 Å². The van der Waals surface area contributed by atoms with Crippen LogP contribution in [0.25, 0.3) is 0 Å². The number of halogens is 2. The van der Waals surface area contributed by atoms with Gasteiger partial charge in [-0.1, -0.05) is 27.5 Å². The summed E-state index contributed by atoms with van der Waals surface area (Å²) in [6.07, 6.45) is 0. The first-order valence-electron chi connectivity index (χ1n) is 4.09. The van der Waals surface area contributed by atoms with Crippen LogP contribution in [0, 0.1) is 6.92 Å². The molecular weight excluding hydrogens is 300 g/mol. The Hall–Kier alpha value is -0.650. The van der Waals surface area contributed by atoms with Crippen LogP contribution in [-0.4, -0.2) is 8.75 Å². The van der Waals surface area contributed by atoms with Gasteiger partial charge in [-0.25, -0.2) is 0 Å². The molecule has 1 heterocycles. The van der Waals surface area contributed by atoms with Crippen molar-refractivity contribution in [3.05, 3.63) is 33.4 Å². The normalized spacial score (nSPS) is 10.3. The third-order valence-electron chi connectivity index (χ3n) is 1.76. The second kappa shape index (κ2) is 4.47. The van der Waals surface area contributed by atoms with Crippen LogP contribution >= 0.6 is 39.3 Å². The molecule has 0 bridgehead atoms. The van der Waals surface area contributed by atoms with E-state index in [-0.39, 0.29) is 0 Å². The Bertz CT molecular complexity index is 489. The second-order valence-corrected chi connectivity index (χ2v) is 4.67. The maximum absolute atomic E-state index is 5.78. The van der Waals surface area contributed by atoms with E-state index in [0.717, 1.165) is 27.5 Å². The van der Waals surface area contributed by atoms with Crippen molar-refractivity contribution in [1.29, 1.82) is 0 Å². The minimum Gasteiger partial charge on any atom is -0.435 e. The molecule has 1 aromatic heterocycles. The van der Waals surface area contributed by atoms with Gasteiger partial charge in [0, 0.05) is 4.47 Å². The standard InChI is InChI=1S/C9H6BrClN2OS/c1-5-4-6(10)2-3-7(5)14-9-8(11)12-15-13-9/h2-4H,1H3. The monoisotopic (exact) mass is 304 g/mol. The fourth-order valence-electron chi connectivity index (χ4n) is 1.06. The quantitative estimate of drug-likeness (QED) is 0.839. The van der Waals surface area contributed by atoms with E-state index in [1.165, 1.54) is 0 Å². The van der Waals surface area contributed by atoms with Crippen LogP contribution in [0.5, 0.6) is 11.6 Å². The smallest absolute Gasteiger partial charge is 0.270 e. The Balaban J connectivity index is 2.29. The molecule has 3 nitrogen and oxygen atoms in total. The molecule has 0 amide bonds. The van der Waals surface area contributed by atoms with Crippen molar-refractivity contribution in [3.8, 4) is 11.6 Å². The van der Waals surface area contributed by atoms with Gasteiger partial charge in [0.25, 0.3) is 5.88 Å². The summed E-state index contributed by atoms with van der Waals surface area (Å²) in [5.41, 5.74) is 1.01. The topological polar surface area (TPSA) is 35.0 Å². The molecule has 0 spiro atoms. The van der Waals surface area contributed by atoms with E-state index in [1.807, 2.05) is 25.1 Å². The molecule has 78 valence electrons. The molecule has 0 unspecified atom stereocenters. The van der Waals surface area contributed by atoms with Crippen LogP contribution in [0.2, 0.25) is 5.15 Å². The van der Waals surface area contributed by atoms with Gasteiger partial charge in [0.1, 0.15) is 5.75 Å². The molecule has 0 fully saturated rings. The summed E-state index contributed by atoms with van der Waals surface area (Å²) in [7, 11) is 0. The molecule has 0 radical (unpaired) electrons.